The van der Waals surface area contributed by atoms with Crippen molar-refractivity contribution in [3.8, 4) is 0 Å². The quantitative estimate of drug-likeness (QED) is 0.835. The van der Waals surface area contributed by atoms with E-state index in [1.807, 2.05) is 37.3 Å². The normalized spacial score (nSPS) is 12.2. The molecule has 0 fully saturated rings. The largest absolute Gasteiger partial charge is 0.379 e. The standard InChI is InChI=1S/C14H13ClFN/c1-10(11-3-2-4-13(16)9-11)17-14-7-5-12(15)6-8-14/h2-10,17H,1H3. The lowest BCUT2D eigenvalue weighted by Gasteiger charge is -2.15. The molecule has 3 heteroatoms. The summed E-state index contributed by atoms with van der Waals surface area (Å²) in [4.78, 5) is 0. The van der Waals surface area contributed by atoms with Gasteiger partial charge in [0.25, 0.3) is 0 Å². The number of hydrogen-bond donors (Lipinski definition) is 1. The lowest BCUT2D eigenvalue weighted by molar-refractivity contribution is 0.623. The van der Waals surface area contributed by atoms with Gasteiger partial charge in [0.1, 0.15) is 5.82 Å². The molecule has 88 valence electrons. The highest BCUT2D eigenvalue weighted by atomic mass is 35.5. The van der Waals surface area contributed by atoms with Gasteiger partial charge in [-0.2, -0.15) is 0 Å². The molecule has 0 aliphatic rings. The van der Waals surface area contributed by atoms with Gasteiger partial charge in [0.2, 0.25) is 0 Å². The Bertz CT molecular complexity index is 496. The van der Waals surface area contributed by atoms with Gasteiger partial charge in [-0.25, -0.2) is 4.39 Å². The van der Waals surface area contributed by atoms with Crippen LogP contribution >= 0.6 is 11.6 Å². The minimum absolute atomic E-state index is 0.0480. The lowest BCUT2D eigenvalue weighted by Crippen LogP contribution is -2.06. The van der Waals surface area contributed by atoms with Crippen LogP contribution in [0.1, 0.15) is 18.5 Å². The summed E-state index contributed by atoms with van der Waals surface area (Å²) in [5.41, 5.74) is 1.88. The van der Waals surface area contributed by atoms with Gasteiger partial charge in [-0.05, 0) is 48.9 Å². The average molecular weight is 250 g/mol. The van der Waals surface area contributed by atoms with E-state index < -0.39 is 0 Å². The van der Waals surface area contributed by atoms with Crippen molar-refractivity contribution in [3.05, 3.63) is 64.9 Å². The molecule has 0 amide bonds. The first-order chi connectivity index (χ1) is 8.15. The fraction of sp³-hybridized carbons (Fsp3) is 0.143. The van der Waals surface area contributed by atoms with Crippen LogP contribution in [0.4, 0.5) is 10.1 Å². The van der Waals surface area contributed by atoms with E-state index in [-0.39, 0.29) is 11.9 Å². The Balaban J connectivity index is 2.11. The predicted octanol–water partition coefficient (Wildman–Crippen LogP) is 4.65. The molecule has 0 bridgehead atoms. The smallest absolute Gasteiger partial charge is 0.123 e. The summed E-state index contributed by atoms with van der Waals surface area (Å²) < 4.78 is 13.1. The molecule has 17 heavy (non-hydrogen) atoms. The minimum atomic E-state index is -0.216. The summed E-state index contributed by atoms with van der Waals surface area (Å²) in [5.74, 6) is -0.216. The first kappa shape index (κ1) is 11.9. The zero-order chi connectivity index (χ0) is 12.3. The van der Waals surface area contributed by atoms with Crippen LogP contribution in [0, 0.1) is 5.82 Å². The van der Waals surface area contributed by atoms with Gasteiger partial charge in [0.15, 0.2) is 0 Å². The second-order valence-electron chi connectivity index (χ2n) is 3.93. The minimum Gasteiger partial charge on any atom is -0.379 e. The Morgan fingerprint density at radius 2 is 1.82 bits per heavy atom. The van der Waals surface area contributed by atoms with Crippen molar-refractivity contribution >= 4 is 17.3 Å². The van der Waals surface area contributed by atoms with Gasteiger partial charge in [-0.3, -0.25) is 0 Å². The molecule has 1 unspecified atom stereocenters. The first-order valence-corrected chi connectivity index (χ1v) is 5.80. The van der Waals surface area contributed by atoms with E-state index >= 15 is 0 Å². The first-order valence-electron chi connectivity index (χ1n) is 5.43. The van der Waals surface area contributed by atoms with E-state index in [0.717, 1.165) is 11.3 Å². The summed E-state index contributed by atoms with van der Waals surface area (Å²) in [6.45, 7) is 1.99. The molecule has 0 saturated carbocycles. The van der Waals surface area contributed by atoms with Crippen molar-refractivity contribution in [3.63, 3.8) is 0 Å². The van der Waals surface area contributed by atoms with Crippen molar-refractivity contribution < 1.29 is 4.39 Å². The molecule has 0 spiro atoms. The summed E-state index contributed by atoms with van der Waals surface area (Å²) in [5, 5.41) is 3.99. The maximum atomic E-state index is 13.1. The van der Waals surface area contributed by atoms with Crippen LogP contribution in [-0.2, 0) is 0 Å². The van der Waals surface area contributed by atoms with E-state index in [4.69, 9.17) is 11.6 Å². The zero-order valence-electron chi connectivity index (χ0n) is 9.45. The van der Waals surface area contributed by atoms with E-state index in [0.29, 0.717) is 5.02 Å². The summed E-state index contributed by atoms with van der Waals surface area (Å²) >= 11 is 5.81. The molecule has 0 aromatic heterocycles. The van der Waals surface area contributed by atoms with Crippen molar-refractivity contribution in [2.45, 2.75) is 13.0 Å². The molecule has 2 rings (SSSR count). The number of rotatable bonds is 3. The van der Waals surface area contributed by atoms with Crippen LogP contribution in [0.15, 0.2) is 48.5 Å². The fourth-order valence-corrected chi connectivity index (χ4v) is 1.78. The monoisotopic (exact) mass is 249 g/mol. The van der Waals surface area contributed by atoms with E-state index in [9.17, 15) is 4.39 Å². The van der Waals surface area contributed by atoms with E-state index in [1.165, 1.54) is 12.1 Å². The molecule has 0 aliphatic carbocycles. The molecule has 1 atom stereocenters. The SMILES string of the molecule is CC(Nc1ccc(Cl)cc1)c1cccc(F)c1. The van der Waals surface area contributed by atoms with Gasteiger partial charge < -0.3 is 5.32 Å². The molecule has 2 aromatic rings. The highest BCUT2D eigenvalue weighted by molar-refractivity contribution is 6.30. The molecular formula is C14H13ClFN. The highest BCUT2D eigenvalue weighted by Gasteiger charge is 2.05. The van der Waals surface area contributed by atoms with E-state index in [2.05, 4.69) is 5.32 Å². The van der Waals surface area contributed by atoms with Gasteiger partial charge in [-0.15, -0.1) is 0 Å². The number of anilines is 1. The molecular weight excluding hydrogens is 237 g/mol. The molecule has 0 radical (unpaired) electrons. The number of halogens is 2. The third kappa shape index (κ3) is 3.21. The lowest BCUT2D eigenvalue weighted by atomic mass is 10.1. The van der Waals surface area contributed by atoms with Gasteiger partial charge >= 0.3 is 0 Å². The fourth-order valence-electron chi connectivity index (χ4n) is 1.66. The Hall–Kier alpha value is -1.54. The van der Waals surface area contributed by atoms with Crippen molar-refractivity contribution in [1.29, 1.82) is 0 Å². The van der Waals surface area contributed by atoms with Gasteiger partial charge in [0.05, 0.1) is 0 Å². The van der Waals surface area contributed by atoms with E-state index in [1.54, 1.807) is 6.07 Å². The topological polar surface area (TPSA) is 12.0 Å². The van der Waals surface area contributed by atoms with Crippen LogP contribution in [-0.4, -0.2) is 0 Å². The van der Waals surface area contributed by atoms with Gasteiger partial charge in [0, 0.05) is 16.8 Å². The number of benzene rings is 2. The molecule has 1 N–H and O–H groups in total. The molecule has 0 aliphatic heterocycles. The maximum Gasteiger partial charge on any atom is 0.123 e. The summed E-state index contributed by atoms with van der Waals surface area (Å²) in [7, 11) is 0. The van der Waals surface area contributed by atoms with Crippen LogP contribution in [0.25, 0.3) is 0 Å². The third-order valence-electron chi connectivity index (χ3n) is 2.58. The summed E-state index contributed by atoms with van der Waals surface area (Å²) in [6, 6.07) is 14.1. The van der Waals surface area contributed by atoms with Crippen LogP contribution in [0.5, 0.6) is 0 Å². The second-order valence-corrected chi connectivity index (χ2v) is 4.36. The van der Waals surface area contributed by atoms with Crippen LogP contribution in [0.2, 0.25) is 5.02 Å². The highest BCUT2D eigenvalue weighted by Crippen LogP contribution is 2.21. The molecule has 0 saturated heterocycles. The van der Waals surface area contributed by atoms with Crippen molar-refractivity contribution in [2.24, 2.45) is 0 Å². The maximum absolute atomic E-state index is 13.1. The Kier molecular flexibility index (Phi) is 3.64. The molecule has 1 nitrogen and oxygen atoms in total. The zero-order valence-corrected chi connectivity index (χ0v) is 10.2. The third-order valence-corrected chi connectivity index (χ3v) is 2.83. The van der Waals surface area contributed by atoms with Crippen molar-refractivity contribution in [1.82, 2.24) is 0 Å². The second kappa shape index (κ2) is 5.19. The number of hydrogen-bond acceptors (Lipinski definition) is 1. The van der Waals surface area contributed by atoms with Crippen LogP contribution in [0.3, 0.4) is 0 Å². The van der Waals surface area contributed by atoms with Crippen LogP contribution < -0.4 is 5.32 Å². The Morgan fingerprint density at radius 3 is 2.47 bits per heavy atom. The summed E-state index contributed by atoms with van der Waals surface area (Å²) in [6.07, 6.45) is 0. The predicted molar refractivity (Wildman–Crippen MR) is 69.9 cm³/mol. The Morgan fingerprint density at radius 1 is 1.12 bits per heavy atom. The van der Waals surface area contributed by atoms with Gasteiger partial charge in [-0.1, -0.05) is 23.7 Å². The Labute approximate surface area is 105 Å². The molecule has 0 heterocycles. The average Bonchev–Trinajstić information content (AvgIpc) is 2.32. The molecule has 2 aromatic carbocycles. The van der Waals surface area contributed by atoms with Crippen molar-refractivity contribution in [2.75, 3.05) is 5.32 Å². The number of nitrogens with one attached hydrogen (secondary N) is 1.